The predicted molar refractivity (Wildman–Crippen MR) is 117 cm³/mol. The van der Waals surface area contributed by atoms with E-state index in [2.05, 4.69) is 25.8 Å². The molecule has 0 bridgehead atoms. The molecule has 0 radical (unpaired) electrons. The first-order valence-corrected chi connectivity index (χ1v) is 11.6. The minimum atomic E-state index is 0.171. The number of fused-ring (bicyclic) bond motifs is 1. The van der Waals surface area contributed by atoms with E-state index in [1.165, 1.54) is 16.2 Å². The fraction of sp³-hybridized carbons (Fsp3) is 0.381. The highest BCUT2D eigenvalue weighted by Crippen LogP contribution is 2.35. The Morgan fingerprint density at radius 2 is 2.23 bits per heavy atom. The predicted octanol–water partition coefficient (Wildman–Crippen LogP) is 4.45. The Hall–Kier alpha value is -2.65. The van der Waals surface area contributed by atoms with Gasteiger partial charge in [0, 0.05) is 37.9 Å². The Kier molecular flexibility index (Phi) is 5.30. The zero-order valence-electron chi connectivity index (χ0n) is 16.6. The van der Waals surface area contributed by atoms with Crippen molar-refractivity contribution in [3.05, 3.63) is 46.7 Å². The molecule has 0 N–H and O–H groups in total. The molecule has 0 saturated carbocycles. The van der Waals surface area contributed by atoms with Gasteiger partial charge in [-0.1, -0.05) is 21.8 Å². The quantitative estimate of drug-likeness (QED) is 0.457. The number of hydrogen-bond acceptors (Lipinski definition) is 8. The molecular weight excluding hydrogens is 418 g/mol. The van der Waals surface area contributed by atoms with Crippen molar-refractivity contribution in [1.82, 2.24) is 24.6 Å². The van der Waals surface area contributed by atoms with Crippen LogP contribution >= 0.6 is 22.9 Å². The Bertz CT molecular complexity index is 1150. The van der Waals surface area contributed by atoms with Gasteiger partial charge in [0.2, 0.25) is 5.91 Å². The zero-order chi connectivity index (χ0) is 20.5. The molecule has 5 rings (SSSR count). The molecule has 1 amide bonds. The van der Waals surface area contributed by atoms with E-state index in [0.29, 0.717) is 25.1 Å². The van der Waals surface area contributed by atoms with E-state index in [1.54, 1.807) is 11.3 Å². The van der Waals surface area contributed by atoms with E-state index < -0.39 is 0 Å². The van der Waals surface area contributed by atoms with Gasteiger partial charge >= 0.3 is 0 Å². The Morgan fingerprint density at radius 1 is 1.33 bits per heavy atom. The molecule has 1 saturated heterocycles. The summed E-state index contributed by atoms with van der Waals surface area (Å²) in [5.41, 5.74) is 2.76. The highest BCUT2D eigenvalue weighted by Gasteiger charge is 2.29. The molecule has 9 heteroatoms. The molecule has 3 aromatic heterocycles. The molecule has 1 aliphatic heterocycles. The van der Waals surface area contributed by atoms with Crippen molar-refractivity contribution < 1.29 is 9.32 Å². The third kappa shape index (κ3) is 3.87. The number of carbonyl (C=O) groups is 1. The first-order chi connectivity index (χ1) is 14.7. The van der Waals surface area contributed by atoms with Gasteiger partial charge in [0.25, 0.3) is 0 Å². The molecule has 0 unspecified atom stereocenters. The second kappa shape index (κ2) is 8.23. The van der Waals surface area contributed by atoms with E-state index in [9.17, 15) is 4.79 Å². The number of nitrogens with zero attached hydrogens (tertiary/aromatic N) is 5. The van der Waals surface area contributed by atoms with Gasteiger partial charge < -0.3 is 9.42 Å². The summed E-state index contributed by atoms with van der Waals surface area (Å²) in [5.74, 6) is 1.06. The number of carbonyl (C=O) groups excluding carboxylic acids is 1. The van der Waals surface area contributed by atoms with E-state index in [-0.39, 0.29) is 11.8 Å². The molecule has 0 aliphatic carbocycles. The van der Waals surface area contributed by atoms with Gasteiger partial charge in [0.15, 0.2) is 5.76 Å². The lowest BCUT2D eigenvalue weighted by molar-refractivity contribution is -0.132. The van der Waals surface area contributed by atoms with Crippen LogP contribution in [0.25, 0.3) is 20.9 Å². The SMILES string of the molecule is Cc1cc(-c2snnc2[C@H]2CCCN(C(=O)CCc3nc4ccccc4s3)C2)on1. The highest BCUT2D eigenvalue weighted by atomic mass is 32.1. The van der Waals surface area contributed by atoms with Crippen LogP contribution in [0, 0.1) is 6.92 Å². The van der Waals surface area contributed by atoms with Gasteiger partial charge in [-0.05, 0) is 43.4 Å². The molecule has 1 fully saturated rings. The normalized spacial score (nSPS) is 17.0. The number of piperidine rings is 1. The standard InChI is InChI=1S/C21H21N5O2S2/c1-13-11-16(28-24-13)21-20(23-25-30-21)14-5-4-10-26(12-14)19(27)9-8-18-22-15-6-2-3-7-17(15)29-18/h2-3,6-7,11,14H,4-5,8-10,12H2,1H3/t14-/m0/s1. The van der Waals surface area contributed by atoms with Crippen LogP contribution < -0.4 is 0 Å². The highest BCUT2D eigenvalue weighted by molar-refractivity contribution is 7.18. The maximum atomic E-state index is 12.9. The third-order valence-electron chi connectivity index (χ3n) is 5.42. The van der Waals surface area contributed by atoms with Crippen LogP contribution in [-0.4, -0.2) is 43.6 Å². The summed E-state index contributed by atoms with van der Waals surface area (Å²) in [7, 11) is 0. The van der Waals surface area contributed by atoms with Crippen LogP contribution in [0.2, 0.25) is 0 Å². The van der Waals surface area contributed by atoms with Crippen molar-refractivity contribution in [2.45, 2.75) is 38.5 Å². The molecule has 1 aromatic carbocycles. The number of amides is 1. The van der Waals surface area contributed by atoms with Crippen molar-refractivity contribution in [2.75, 3.05) is 13.1 Å². The zero-order valence-corrected chi connectivity index (χ0v) is 18.2. The van der Waals surface area contributed by atoms with Crippen LogP contribution in [0.5, 0.6) is 0 Å². The van der Waals surface area contributed by atoms with Gasteiger partial charge in [-0.2, -0.15) is 0 Å². The average Bonchev–Trinajstić information content (AvgIpc) is 3.50. The summed E-state index contributed by atoms with van der Waals surface area (Å²) < 4.78 is 10.7. The van der Waals surface area contributed by atoms with Gasteiger partial charge in [0.05, 0.1) is 26.6 Å². The number of rotatable bonds is 5. The number of hydrogen-bond donors (Lipinski definition) is 0. The van der Waals surface area contributed by atoms with Crippen molar-refractivity contribution in [3.8, 4) is 10.6 Å². The van der Waals surface area contributed by atoms with E-state index in [0.717, 1.165) is 46.2 Å². The molecule has 7 nitrogen and oxygen atoms in total. The number of likely N-dealkylation sites (tertiary alicyclic amines) is 1. The van der Waals surface area contributed by atoms with Crippen LogP contribution in [0.1, 0.15) is 41.6 Å². The largest absolute Gasteiger partial charge is 0.355 e. The first-order valence-electron chi connectivity index (χ1n) is 10.1. The van der Waals surface area contributed by atoms with Crippen molar-refractivity contribution >= 4 is 39.0 Å². The lowest BCUT2D eigenvalue weighted by atomic mass is 9.93. The topological polar surface area (TPSA) is 85.0 Å². The average molecular weight is 440 g/mol. The summed E-state index contributed by atoms with van der Waals surface area (Å²) >= 11 is 2.99. The fourth-order valence-electron chi connectivity index (χ4n) is 3.93. The third-order valence-corrected chi connectivity index (χ3v) is 7.27. The van der Waals surface area contributed by atoms with Gasteiger partial charge in [-0.3, -0.25) is 4.79 Å². The van der Waals surface area contributed by atoms with Crippen molar-refractivity contribution in [3.63, 3.8) is 0 Å². The van der Waals surface area contributed by atoms with Crippen molar-refractivity contribution in [2.24, 2.45) is 0 Å². The second-order valence-electron chi connectivity index (χ2n) is 7.57. The molecule has 154 valence electrons. The second-order valence-corrected chi connectivity index (χ2v) is 9.44. The van der Waals surface area contributed by atoms with Gasteiger partial charge in [0.1, 0.15) is 4.88 Å². The Labute approximate surface area is 181 Å². The smallest absolute Gasteiger partial charge is 0.223 e. The van der Waals surface area contributed by atoms with E-state index >= 15 is 0 Å². The number of thiazole rings is 1. The number of para-hydroxylation sites is 1. The first kappa shape index (κ1) is 19.3. The van der Waals surface area contributed by atoms with E-state index in [1.807, 2.05) is 36.1 Å². The number of aromatic nitrogens is 4. The van der Waals surface area contributed by atoms with Crippen molar-refractivity contribution in [1.29, 1.82) is 0 Å². The lowest BCUT2D eigenvalue weighted by Gasteiger charge is -2.32. The molecule has 1 aliphatic rings. The van der Waals surface area contributed by atoms with Crippen LogP contribution in [0.3, 0.4) is 0 Å². The Morgan fingerprint density at radius 3 is 3.07 bits per heavy atom. The minimum absolute atomic E-state index is 0.171. The molecule has 1 atom stereocenters. The summed E-state index contributed by atoms with van der Waals surface area (Å²) in [6.07, 6.45) is 3.12. The monoisotopic (exact) mass is 439 g/mol. The minimum Gasteiger partial charge on any atom is -0.355 e. The molecule has 30 heavy (non-hydrogen) atoms. The van der Waals surface area contributed by atoms with Crippen LogP contribution in [0.4, 0.5) is 0 Å². The molecule has 4 aromatic rings. The summed E-state index contributed by atoms with van der Waals surface area (Å²) in [5, 5.41) is 9.37. The Balaban J connectivity index is 1.25. The van der Waals surface area contributed by atoms with Gasteiger partial charge in [-0.25, -0.2) is 4.98 Å². The van der Waals surface area contributed by atoms with E-state index in [4.69, 9.17) is 4.52 Å². The summed E-state index contributed by atoms with van der Waals surface area (Å²) in [6, 6.07) is 10.0. The maximum absolute atomic E-state index is 12.9. The molecule has 4 heterocycles. The number of aryl methyl sites for hydroxylation is 2. The van der Waals surface area contributed by atoms with Crippen LogP contribution in [-0.2, 0) is 11.2 Å². The summed E-state index contributed by atoms with van der Waals surface area (Å²) in [4.78, 5) is 20.4. The van der Waals surface area contributed by atoms with Gasteiger partial charge in [-0.15, -0.1) is 16.4 Å². The summed E-state index contributed by atoms with van der Waals surface area (Å²) in [6.45, 7) is 3.36. The number of benzene rings is 1. The maximum Gasteiger partial charge on any atom is 0.223 e. The molecule has 0 spiro atoms. The lowest BCUT2D eigenvalue weighted by Crippen LogP contribution is -2.39. The van der Waals surface area contributed by atoms with Crippen LogP contribution in [0.15, 0.2) is 34.9 Å². The fourth-order valence-corrected chi connectivity index (χ4v) is 5.60. The molecular formula is C21H21N5O2S2.